The third-order valence-electron chi connectivity index (χ3n) is 5.39. The van der Waals surface area contributed by atoms with Gasteiger partial charge in [0.15, 0.2) is 0 Å². The van der Waals surface area contributed by atoms with E-state index in [1.807, 2.05) is 66.4 Å². The highest BCUT2D eigenvalue weighted by Crippen LogP contribution is 2.24. The van der Waals surface area contributed by atoms with Crippen molar-refractivity contribution in [2.75, 3.05) is 48.8 Å². The average Bonchev–Trinajstić information content (AvgIpc) is 2.80. The summed E-state index contributed by atoms with van der Waals surface area (Å²) in [6.45, 7) is 6.61. The Morgan fingerprint density at radius 2 is 1.69 bits per heavy atom. The van der Waals surface area contributed by atoms with Gasteiger partial charge in [0, 0.05) is 43.6 Å². The summed E-state index contributed by atoms with van der Waals surface area (Å²) in [5.41, 5.74) is 3.71. The van der Waals surface area contributed by atoms with E-state index in [0.29, 0.717) is 43.6 Å². The van der Waals surface area contributed by atoms with Crippen LogP contribution < -0.4 is 20.3 Å². The van der Waals surface area contributed by atoms with Crippen LogP contribution in [0.1, 0.15) is 11.3 Å². The van der Waals surface area contributed by atoms with Crippen LogP contribution in [0.3, 0.4) is 0 Å². The molecule has 1 saturated heterocycles. The van der Waals surface area contributed by atoms with Crippen molar-refractivity contribution >= 4 is 29.2 Å². The zero-order valence-electron chi connectivity index (χ0n) is 18.6. The Morgan fingerprint density at radius 3 is 2.41 bits per heavy atom. The van der Waals surface area contributed by atoms with Crippen LogP contribution in [0.2, 0.25) is 0 Å². The van der Waals surface area contributed by atoms with Crippen LogP contribution in [0, 0.1) is 13.8 Å². The molecule has 2 N–H and O–H groups in total. The number of hydrogen-bond acceptors (Lipinski definition) is 6. The van der Waals surface area contributed by atoms with E-state index in [0.717, 1.165) is 17.2 Å². The molecule has 8 nitrogen and oxygen atoms in total. The maximum absolute atomic E-state index is 12.7. The number of urea groups is 1. The van der Waals surface area contributed by atoms with Crippen LogP contribution in [0.4, 0.5) is 27.9 Å². The van der Waals surface area contributed by atoms with Crippen molar-refractivity contribution in [1.29, 1.82) is 0 Å². The number of nitrogens with zero attached hydrogens (tertiary/aromatic N) is 4. The van der Waals surface area contributed by atoms with Gasteiger partial charge < -0.3 is 25.2 Å². The fourth-order valence-electron chi connectivity index (χ4n) is 3.62. The molecule has 0 saturated carbocycles. The fourth-order valence-corrected chi connectivity index (χ4v) is 3.62. The molecule has 2 aromatic carbocycles. The van der Waals surface area contributed by atoms with Crippen LogP contribution in [0.15, 0.2) is 54.6 Å². The van der Waals surface area contributed by atoms with E-state index in [1.54, 1.807) is 7.11 Å². The van der Waals surface area contributed by atoms with Gasteiger partial charge in [0.2, 0.25) is 5.95 Å². The van der Waals surface area contributed by atoms with Crippen molar-refractivity contribution in [2.45, 2.75) is 13.8 Å². The van der Waals surface area contributed by atoms with Gasteiger partial charge in [-0.1, -0.05) is 29.8 Å². The predicted octanol–water partition coefficient (Wildman–Crippen LogP) is 4.20. The van der Waals surface area contributed by atoms with Gasteiger partial charge in [0.1, 0.15) is 11.6 Å². The molecule has 2 heterocycles. The second-order valence-corrected chi connectivity index (χ2v) is 7.79. The number of hydrogen-bond donors (Lipinski definition) is 2. The third-order valence-corrected chi connectivity index (χ3v) is 5.39. The number of anilines is 4. The lowest BCUT2D eigenvalue weighted by Gasteiger charge is -2.35. The van der Waals surface area contributed by atoms with Crippen molar-refractivity contribution in [3.8, 4) is 5.75 Å². The molecule has 0 bridgehead atoms. The molecule has 0 atom stereocenters. The Morgan fingerprint density at radius 1 is 0.969 bits per heavy atom. The van der Waals surface area contributed by atoms with Gasteiger partial charge in [-0.05, 0) is 38.1 Å². The number of methoxy groups -OCH3 is 1. The second-order valence-electron chi connectivity index (χ2n) is 7.79. The molecule has 0 radical (unpaired) electrons. The van der Waals surface area contributed by atoms with Crippen LogP contribution in [0.25, 0.3) is 0 Å². The minimum atomic E-state index is -0.130. The first kappa shape index (κ1) is 21.4. The molecule has 3 aromatic rings. The van der Waals surface area contributed by atoms with Crippen molar-refractivity contribution < 1.29 is 9.53 Å². The maximum atomic E-state index is 12.7. The molecule has 166 valence electrons. The van der Waals surface area contributed by atoms with Gasteiger partial charge in [-0.3, -0.25) is 0 Å². The normalized spacial score (nSPS) is 13.6. The van der Waals surface area contributed by atoms with Gasteiger partial charge in [0.05, 0.1) is 12.8 Å². The molecule has 0 spiro atoms. The van der Waals surface area contributed by atoms with Gasteiger partial charge in [-0.25, -0.2) is 9.78 Å². The molecule has 0 unspecified atom stereocenters. The molecule has 1 aliphatic heterocycles. The van der Waals surface area contributed by atoms with E-state index < -0.39 is 0 Å². The Bertz CT molecular complexity index is 1080. The number of amides is 2. The Labute approximate surface area is 188 Å². The lowest BCUT2D eigenvalue weighted by Crippen LogP contribution is -2.50. The minimum Gasteiger partial charge on any atom is -0.495 e. The highest BCUT2D eigenvalue weighted by atomic mass is 16.5. The summed E-state index contributed by atoms with van der Waals surface area (Å²) in [6.07, 6.45) is 0. The van der Waals surface area contributed by atoms with E-state index in [2.05, 4.69) is 27.4 Å². The van der Waals surface area contributed by atoms with Gasteiger partial charge in [0.25, 0.3) is 0 Å². The first-order chi connectivity index (χ1) is 15.5. The van der Waals surface area contributed by atoms with Gasteiger partial charge in [-0.2, -0.15) is 4.98 Å². The minimum absolute atomic E-state index is 0.130. The molecule has 1 aromatic heterocycles. The maximum Gasteiger partial charge on any atom is 0.322 e. The second kappa shape index (κ2) is 9.55. The lowest BCUT2D eigenvalue weighted by atomic mass is 10.2. The summed E-state index contributed by atoms with van der Waals surface area (Å²) in [5.74, 6) is 2.07. The van der Waals surface area contributed by atoms with Gasteiger partial charge in [-0.15, -0.1) is 0 Å². The van der Waals surface area contributed by atoms with E-state index in [1.165, 1.54) is 5.56 Å². The number of aromatic nitrogens is 2. The highest BCUT2D eigenvalue weighted by molar-refractivity contribution is 5.91. The van der Waals surface area contributed by atoms with Crippen molar-refractivity contribution in [3.63, 3.8) is 0 Å². The van der Waals surface area contributed by atoms with Gasteiger partial charge >= 0.3 is 6.03 Å². The number of carbonyl (C=O) groups excluding carboxylic acids is 1. The summed E-state index contributed by atoms with van der Waals surface area (Å²) in [5, 5.41) is 6.22. The summed E-state index contributed by atoms with van der Waals surface area (Å²) in [6, 6.07) is 17.4. The molecule has 8 heteroatoms. The standard InChI is InChI=1S/C24H28N6O2/c1-17-8-10-19(11-9-17)26-23-25-18(2)16-22(28-23)29-12-14-30(15-13-29)24(31)27-20-6-4-5-7-21(20)32-3/h4-11,16H,12-15H2,1-3H3,(H,27,31)(H,25,26,28). The van der Waals surface area contributed by atoms with E-state index in [4.69, 9.17) is 9.72 Å². The Balaban J connectivity index is 1.39. The quantitative estimate of drug-likeness (QED) is 0.629. The monoisotopic (exact) mass is 432 g/mol. The summed E-state index contributed by atoms with van der Waals surface area (Å²) in [4.78, 5) is 25.9. The number of benzene rings is 2. The zero-order chi connectivity index (χ0) is 22.5. The summed E-state index contributed by atoms with van der Waals surface area (Å²) < 4.78 is 5.32. The first-order valence-electron chi connectivity index (χ1n) is 10.6. The SMILES string of the molecule is COc1ccccc1NC(=O)N1CCN(c2cc(C)nc(Nc3ccc(C)cc3)n2)CC1. The molecular weight excluding hydrogens is 404 g/mol. The Kier molecular flexibility index (Phi) is 6.39. The number of piperazine rings is 1. The molecular formula is C24H28N6O2. The average molecular weight is 433 g/mol. The number of aryl methyl sites for hydroxylation is 2. The number of nitrogens with one attached hydrogen (secondary N) is 2. The molecule has 4 rings (SSSR count). The summed E-state index contributed by atoms with van der Waals surface area (Å²) >= 11 is 0. The first-order valence-corrected chi connectivity index (χ1v) is 10.6. The number of para-hydroxylation sites is 2. The van der Waals surface area contributed by atoms with Crippen LogP contribution in [0.5, 0.6) is 5.75 Å². The van der Waals surface area contributed by atoms with Crippen LogP contribution >= 0.6 is 0 Å². The molecule has 0 aliphatic carbocycles. The fraction of sp³-hybridized carbons (Fsp3) is 0.292. The van der Waals surface area contributed by atoms with Crippen molar-refractivity contribution in [1.82, 2.24) is 14.9 Å². The Hall–Kier alpha value is -3.81. The summed E-state index contributed by atoms with van der Waals surface area (Å²) in [7, 11) is 1.59. The van der Waals surface area contributed by atoms with E-state index >= 15 is 0 Å². The largest absolute Gasteiger partial charge is 0.495 e. The zero-order valence-corrected chi connectivity index (χ0v) is 18.6. The third kappa shape index (κ3) is 5.08. The number of rotatable bonds is 5. The van der Waals surface area contributed by atoms with Crippen LogP contribution in [-0.2, 0) is 0 Å². The predicted molar refractivity (Wildman–Crippen MR) is 127 cm³/mol. The van der Waals surface area contributed by atoms with Crippen molar-refractivity contribution in [3.05, 3.63) is 65.9 Å². The number of carbonyl (C=O) groups is 1. The molecule has 2 amide bonds. The molecule has 1 fully saturated rings. The molecule has 32 heavy (non-hydrogen) atoms. The van der Waals surface area contributed by atoms with E-state index in [-0.39, 0.29) is 6.03 Å². The highest BCUT2D eigenvalue weighted by Gasteiger charge is 2.23. The van der Waals surface area contributed by atoms with Crippen LogP contribution in [-0.4, -0.2) is 54.2 Å². The lowest BCUT2D eigenvalue weighted by molar-refractivity contribution is 0.208. The topological polar surface area (TPSA) is 82.6 Å². The molecule has 1 aliphatic rings. The van der Waals surface area contributed by atoms with E-state index in [9.17, 15) is 4.79 Å². The van der Waals surface area contributed by atoms with Crippen molar-refractivity contribution in [2.24, 2.45) is 0 Å². The smallest absolute Gasteiger partial charge is 0.322 e. The number of ether oxygens (including phenoxy) is 1.